The normalized spacial score (nSPS) is 41.6. The summed E-state index contributed by atoms with van der Waals surface area (Å²) in [5.41, 5.74) is 3.88. The van der Waals surface area contributed by atoms with Gasteiger partial charge in [0.05, 0.1) is 24.9 Å². The number of rotatable bonds is 1. The smallest absolute Gasteiger partial charge is 0.171 e. The first-order valence-electron chi connectivity index (χ1n) is 13.6. The molecule has 35 heavy (non-hydrogen) atoms. The molecule has 4 heteroatoms. The lowest BCUT2D eigenvalue weighted by Crippen LogP contribution is -2.57. The number of fused-ring (bicyclic) bond motifs is 4. The van der Waals surface area contributed by atoms with E-state index in [1.54, 1.807) is 0 Å². The van der Waals surface area contributed by atoms with Gasteiger partial charge < -0.3 is 19.7 Å². The quantitative estimate of drug-likeness (QED) is 0.425. The van der Waals surface area contributed by atoms with Crippen molar-refractivity contribution in [3.05, 3.63) is 46.5 Å². The number of hydrogen-bond donors (Lipinski definition) is 2. The van der Waals surface area contributed by atoms with Crippen molar-refractivity contribution in [3.63, 3.8) is 0 Å². The average molecular weight is 477 g/mol. The Balaban J connectivity index is 1.42. The number of benzene rings is 1. The highest BCUT2D eigenvalue weighted by Crippen LogP contribution is 2.65. The molecule has 0 radical (unpaired) electrons. The van der Waals surface area contributed by atoms with Gasteiger partial charge in [0.2, 0.25) is 0 Å². The van der Waals surface area contributed by atoms with Gasteiger partial charge in [-0.05, 0) is 79.0 Å². The third-order valence-electron chi connectivity index (χ3n) is 10.3. The van der Waals surface area contributed by atoms with Gasteiger partial charge in [-0.3, -0.25) is 0 Å². The molecule has 0 amide bonds. The molecule has 4 nitrogen and oxygen atoms in total. The monoisotopic (exact) mass is 476 g/mol. The lowest BCUT2D eigenvalue weighted by molar-refractivity contribution is -0.322. The Labute approximate surface area is 210 Å². The van der Waals surface area contributed by atoms with Gasteiger partial charge in [-0.1, -0.05) is 44.4 Å². The van der Waals surface area contributed by atoms with Crippen LogP contribution in [0.2, 0.25) is 0 Å². The van der Waals surface area contributed by atoms with Gasteiger partial charge in [-0.2, -0.15) is 0 Å². The molecule has 5 aliphatic rings. The number of aliphatic hydroxyl groups excluding tert-OH is 1. The van der Waals surface area contributed by atoms with Gasteiger partial charge in [0.25, 0.3) is 0 Å². The molecule has 1 heterocycles. The molecular formula is C31H40O4. The minimum absolute atomic E-state index is 0.0110. The van der Waals surface area contributed by atoms with Crippen molar-refractivity contribution in [2.75, 3.05) is 13.2 Å². The minimum Gasteiger partial charge on any atom is -0.393 e. The first kappa shape index (κ1) is 23.7. The Morgan fingerprint density at radius 2 is 1.71 bits per heavy atom. The number of ether oxygens (including phenoxy) is 2. The molecule has 2 N–H and O–H groups in total. The van der Waals surface area contributed by atoms with Crippen LogP contribution in [0.25, 0.3) is 0 Å². The molecule has 1 aromatic carbocycles. The van der Waals surface area contributed by atoms with E-state index in [0.29, 0.717) is 31.5 Å². The second-order valence-electron chi connectivity index (χ2n) is 13.2. The highest BCUT2D eigenvalue weighted by atomic mass is 16.7. The van der Waals surface area contributed by atoms with Crippen molar-refractivity contribution < 1.29 is 19.7 Å². The Morgan fingerprint density at radius 3 is 2.40 bits per heavy atom. The van der Waals surface area contributed by atoms with E-state index in [0.717, 1.165) is 50.5 Å². The molecule has 4 unspecified atom stereocenters. The summed E-state index contributed by atoms with van der Waals surface area (Å²) < 4.78 is 12.7. The van der Waals surface area contributed by atoms with Gasteiger partial charge in [0.1, 0.15) is 0 Å². The topological polar surface area (TPSA) is 58.9 Å². The van der Waals surface area contributed by atoms with E-state index < -0.39 is 11.4 Å². The van der Waals surface area contributed by atoms with Crippen LogP contribution < -0.4 is 0 Å². The number of terminal acetylenes is 1. The van der Waals surface area contributed by atoms with Crippen molar-refractivity contribution in [2.45, 2.75) is 95.5 Å². The average Bonchev–Trinajstić information content (AvgIpc) is 3.14. The summed E-state index contributed by atoms with van der Waals surface area (Å²) in [5, 5.41) is 23.3. The van der Waals surface area contributed by atoms with E-state index in [-0.39, 0.29) is 22.9 Å². The maximum atomic E-state index is 12.2. The standard InChI is InChI=1S/C31H40O4/c1-5-20-6-8-21(9-7-20)23-16-29(4)24(10-11-26(29)32)22-12-14-30(33)17-31(15-13-25(30)27(22)23)34-18-28(2,3)19-35-31/h1,6-9,22-24,26,32-33H,10-19H2,2-4H3/t22?,23-,24?,26?,29?,30-/m1/s1. The molecule has 4 fully saturated rings. The van der Waals surface area contributed by atoms with Crippen LogP contribution in [0.4, 0.5) is 0 Å². The molecule has 1 aromatic rings. The van der Waals surface area contributed by atoms with Crippen LogP contribution in [0, 0.1) is 35.0 Å². The van der Waals surface area contributed by atoms with Crippen LogP contribution in [0.1, 0.15) is 89.2 Å². The Hall–Kier alpha value is -1.64. The van der Waals surface area contributed by atoms with E-state index in [4.69, 9.17) is 15.9 Å². The zero-order chi connectivity index (χ0) is 24.6. The summed E-state index contributed by atoms with van der Waals surface area (Å²) >= 11 is 0. The summed E-state index contributed by atoms with van der Waals surface area (Å²) in [5.74, 6) is 3.16. The van der Waals surface area contributed by atoms with Crippen molar-refractivity contribution in [3.8, 4) is 12.3 Å². The fourth-order valence-electron chi connectivity index (χ4n) is 8.34. The van der Waals surface area contributed by atoms with E-state index in [2.05, 4.69) is 38.8 Å². The van der Waals surface area contributed by atoms with Crippen LogP contribution in [0.15, 0.2) is 35.4 Å². The zero-order valence-corrected chi connectivity index (χ0v) is 21.5. The fourth-order valence-corrected chi connectivity index (χ4v) is 8.34. The zero-order valence-electron chi connectivity index (χ0n) is 21.5. The first-order valence-corrected chi connectivity index (χ1v) is 13.6. The van der Waals surface area contributed by atoms with Crippen LogP contribution in [-0.4, -0.2) is 40.9 Å². The molecule has 0 bridgehead atoms. The molecule has 188 valence electrons. The first-order chi connectivity index (χ1) is 16.6. The highest BCUT2D eigenvalue weighted by molar-refractivity contribution is 5.45. The summed E-state index contributed by atoms with van der Waals surface area (Å²) in [7, 11) is 0. The van der Waals surface area contributed by atoms with E-state index >= 15 is 0 Å². The van der Waals surface area contributed by atoms with E-state index in [1.807, 2.05) is 12.1 Å². The summed E-state index contributed by atoms with van der Waals surface area (Å²) in [4.78, 5) is 0. The molecule has 6 rings (SSSR count). The molecule has 1 spiro atoms. The minimum atomic E-state index is -0.881. The predicted octanol–water partition coefficient (Wildman–Crippen LogP) is 5.32. The van der Waals surface area contributed by atoms with Gasteiger partial charge in [-0.25, -0.2) is 0 Å². The Kier molecular flexibility index (Phi) is 5.38. The van der Waals surface area contributed by atoms with Gasteiger partial charge >= 0.3 is 0 Å². The SMILES string of the molecule is C#Cc1ccc([C@H]2CC3(C)C(O)CCC3C3CC[C@@]4(O)CC5(CCC4=C32)OCC(C)(C)CO5)cc1. The third kappa shape index (κ3) is 3.65. The van der Waals surface area contributed by atoms with Gasteiger partial charge in [0.15, 0.2) is 5.79 Å². The summed E-state index contributed by atoms with van der Waals surface area (Å²) in [6, 6.07) is 8.41. The third-order valence-corrected chi connectivity index (χ3v) is 10.3. The van der Waals surface area contributed by atoms with E-state index in [1.165, 1.54) is 16.7 Å². The van der Waals surface area contributed by atoms with Crippen LogP contribution in [0.3, 0.4) is 0 Å². The van der Waals surface area contributed by atoms with Gasteiger partial charge in [-0.15, -0.1) is 6.42 Å². The predicted molar refractivity (Wildman–Crippen MR) is 136 cm³/mol. The molecule has 3 saturated carbocycles. The lowest BCUT2D eigenvalue weighted by Gasteiger charge is -2.57. The van der Waals surface area contributed by atoms with Crippen LogP contribution in [-0.2, 0) is 9.47 Å². The molecule has 0 aromatic heterocycles. The van der Waals surface area contributed by atoms with Crippen molar-refractivity contribution >= 4 is 0 Å². The Bertz CT molecular complexity index is 1070. The highest BCUT2D eigenvalue weighted by Gasteiger charge is 2.60. The molecule has 1 saturated heterocycles. The van der Waals surface area contributed by atoms with Gasteiger partial charge in [0, 0.05) is 29.7 Å². The maximum Gasteiger partial charge on any atom is 0.171 e. The number of hydrogen-bond acceptors (Lipinski definition) is 4. The van der Waals surface area contributed by atoms with Crippen LogP contribution in [0.5, 0.6) is 0 Å². The van der Waals surface area contributed by atoms with E-state index in [9.17, 15) is 10.2 Å². The van der Waals surface area contributed by atoms with Crippen molar-refractivity contribution in [1.82, 2.24) is 0 Å². The number of allylic oxidation sites excluding steroid dienone is 1. The van der Waals surface area contributed by atoms with Crippen LogP contribution >= 0.6 is 0 Å². The second-order valence-corrected chi connectivity index (χ2v) is 13.2. The summed E-state index contributed by atoms with van der Waals surface area (Å²) in [6.07, 6.45) is 12.1. The largest absolute Gasteiger partial charge is 0.393 e. The molecule has 1 aliphatic heterocycles. The number of aliphatic hydroxyl groups is 2. The summed E-state index contributed by atoms with van der Waals surface area (Å²) in [6.45, 7) is 7.98. The lowest BCUT2D eigenvalue weighted by atomic mass is 9.51. The second kappa shape index (κ2) is 7.93. The van der Waals surface area contributed by atoms with Crippen molar-refractivity contribution in [2.24, 2.45) is 22.7 Å². The molecule has 4 aliphatic carbocycles. The molecular weight excluding hydrogens is 436 g/mol. The fraction of sp³-hybridized carbons (Fsp3) is 0.677. The van der Waals surface area contributed by atoms with Crippen molar-refractivity contribution in [1.29, 1.82) is 0 Å². The maximum absolute atomic E-state index is 12.2. The Morgan fingerprint density at radius 1 is 1.00 bits per heavy atom. The molecule has 6 atom stereocenters.